The Morgan fingerprint density at radius 1 is 1.19 bits per heavy atom. The van der Waals surface area contributed by atoms with Crippen LogP contribution in [0.5, 0.6) is 0 Å². The SMILES string of the molecule is Cc1noc(C)c1-c1cc(S(=O)(=O)CC2CCCC2)c2ccc(=O)[nH]c2c1. The Balaban J connectivity index is 1.94. The Kier molecular flexibility index (Phi) is 4.42. The zero-order valence-electron chi connectivity index (χ0n) is 15.4. The summed E-state index contributed by atoms with van der Waals surface area (Å²) in [5.41, 5.74) is 2.37. The molecule has 0 unspecified atom stereocenters. The van der Waals surface area contributed by atoms with Crippen molar-refractivity contribution < 1.29 is 12.9 Å². The lowest BCUT2D eigenvalue weighted by Crippen LogP contribution is -2.15. The van der Waals surface area contributed by atoms with Gasteiger partial charge in [0.15, 0.2) is 9.84 Å². The maximum absolute atomic E-state index is 13.2. The summed E-state index contributed by atoms with van der Waals surface area (Å²) in [6.07, 6.45) is 4.09. The maximum Gasteiger partial charge on any atom is 0.248 e. The number of rotatable bonds is 4. The predicted molar refractivity (Wildman–Crippen MR) is 104 cm³/mol. The van der Waals surface area contributed by atoms with Crippen molar-refractivity contribution in [2.45, 2.75) is 44.4 Å². The highest BCUT2D eigenvalue weighted by Gasteiger charge is 2.27. The minimum Gasteiger partial charge on any atom is -0.361 e. The number of nitrogens with one attached hydrogen (secondary N) is 1. The Morgan fingerprint density at radius 3 is 2.59 bits per heavy atom. The van der Waals surface area contributed by atoms with Gasteiger partial charge >= 0.3 is 0 Å². The third kappa shape index (κ3) is 3.32. The Morgan fingerprint density at radius 2 is 1.93 bits per heavy atom. The van der Waals surface area contributed by atoms with Crippen molar-refractivity contribution >= 4 is 20.7 Å². The van der Waals surface area contributed by atoms with Crippen LogP contribution in [0.15, 0.2) is 38.5 Å². The second-order valence-electron chi connectivity index (χ2n) is 7.39. The van der Waals surface area contributed by atoms with E-state index in [1.807, 2.05) is 6.92 Å². The van der Waals surface area contributed by atoms with E-state index in [9.17, 15) is 13.2 Å². The molecule has 1 aliphatic rings. The van der Waals surface area contributed by atoms with E-state index in [0.29, 0.717) is 27.9 Å². The molecule has 1 aromatic carbocycles. The Bertz CT molecular complexity index is 1150. The molecule has 142 valence electrons. The number of hydrogen-bond donors (Lipinski definition) is 1. The number of aryl methyl sites for hydroxylation is 2. The third-order valence-corrected chi connectivity index (χ3v) is 7.31. The average molecular weight is 386 g/mol. The van der Waals surface area contributed by atoms with Crippen molar-refractivity contribution in [1.29, 1.82) is 0 Å². The van der Waals surface area contributed by atoms with E-state index in [1.165, 1.54) is 6.07 Å². The fourth-order valence-electron chi connectivity index (χ4n) is 4.11. The summed E-state index contributed by atoms with van der Waals surface area (Å²) in [4.78, 5) is 14.8. The number of pyridine rings is 1. The number of hydrogen-bond acceptors (Lipinski definition) is 5. The largest absolute Gasteiger partial charge is 0.361 e. The van der Waals surface area contributed by atoms with E-state index in [2.05, 4.69) is 10.1 Å². The van der Waals surface area contributed by atoms with Crippen LogP contribution in [0.4, 0.5) is 0 Å². The molecule has 0 saturated heterocycles. The van der Waals surface area contributed by atoms with Crippen LogP contribution in [0.2, 0.25) is 0 Å². The van der Waals surface area contributed by atoms with E-state index in [-0.39, 0.29) is 22.1 Å². The van der Waals surface area contributed by atoms with E-state index >= 15 is 0 Å². The smallest absolute Gasteiger partial charge is 0.248 e. The molecule has 0 amide bonds. The fraction of sp³-hybridized carbons (Fsp3) is 0.400. The molecule has 3 aromatic rings. The van der Waals surface area contributed by atoms with Crippen LogP contribution in [-0.4, -0.2) is 24.3 Å². The number of nitrogens with zero attached hydrogens (tertiary/aromatic N) is 1. The van der Waals surface area contributed by atoms with Gasteiger partial charge in [0.05, 0.1) is 21.9 Å². The van der Waals surface area contributed by atoms with Gasteiger partial charge in [0.1, 0.15) is 5.76 Å². The number of aromatic nitrogens is 2. The molecule has 0 radical (unpaired) electrons. The topological polar surface area (TPSA) is 93.0 Å². The van der Waals surface area contributed by atoms with Gasteiger partial charge in [0.2, 0.25) is 5.56 Å². The molecule has 4 rings (SSSR count). The molecule has 1 aliphatic carbocycles. The van der Waals surface area contributed by atoms with Crippen LogP contribution < -0.4 is 5.56 Å². The molecule has 0 aliphatic heterocycles. The standard InChI is InChI=1S/C20H22N2O4S/c1-12-20(13(2)26-22-12)15-9-17-16(7-8-19(23)21-17)18(10-15)27(24,25)11-14-5-3-4-6-14/h7-10,14H,3-6,11H2,1-2H3,(H,21,23). The number of benzene rings is 1. The van der Waals surface area contributed by atoms with E-state index in [0.717, 1.165) is 31.2 Å². The first-order valence-corrected chi connectivity index (χ1v) is 10.8. The summed E-state index contributed by atoms with van der Waals surface area (Å²) in [7, 11) is -3.50. The lowest BCUT2D eigenvalue weighted by atomic mass is 10.0. The molecule has 2 heterocycles. The molecule has 0 bridgehead atoms. The summed E-state index contributed by atoms with van der Waals surface area (Å²) < 4.78 is 31.7. The second-order valence-corrected chi connectivity index (χ2v) is 9.39. The van der Waals surface area contributed by atoms with Gasteiger partial charge < -0.3 is 9.51 Å². The van der Waals surface area contributed by atoms with Crippen LogP contribution in [-0.2, 0) is 9.84 Å². The van der Waals surface area contributed by atoms with Crippen molar-refractivity contribution in [3.63, 3.8) is 0 Å². The lowest BCUT2D eigenvalue weighted by molar-refractivity contribution is 0.393. The molecule has 2 aromatic heterocycles. The predicted octanol–water partition coefficient (Wildman–Crippen LogP) is 3.76. The summed E-state index contributed by atoms with van der Waals surface area (Å²) in [5.74, 6) is 0.964. The van der Waals surface area contributed by atoms with Crippen LogP contribution in [0.25, 0.3) is 22.0 Å². The molecule has 6 nitrogen and oxygen atoms in total. The van der Waals surface area contributed by atoms with Gasteiger partial charge in [-0.05, 0) is 56.4 Å². The van der Waals surface area contributed by atoms with Gasteiger partial charge in [-0.2, -0.15) is 0 Å². The fourth-order valence-corrected chi connectivity index (χ4v) is 6.06. The maximum atomic E-state index is 13.2. The summed E-state index contributed by atoms with van der Waals surface area (Å²) in [5, 5.41) is 4.51. The molecule has 1 fully saturated rings. The zero-order chi connectivity index (χ0) is 19.2. The minimum atomic E-state index is -3.50. The van der Waals surface area contributed by atoms with Gasteiger partial charge in [0.25, 0.3) is 0 Å². The first kappa shape index (κ1) is 18.0. The highest BCUT2D eigenvalue weighted by Crippen LogP contribution is 2.35. The van der Waals surface area contributed by atoms with Crippen LogP contribution >= 0.6 is 0 Å². The Labute approximate surface area is 157 Å². The van der Waals surface area contributed by atoms with E-state index in [4.69, 9.17) is 4.52 Å². The lowest BCUT2D eigenvalue weighted by Gasteiger charge is -2.14. The molecule has 0 atom stereocenters. The quantitative estimate of drug-likeness (QED) is 0.737. The van der Waals surface area contributed by atoms with Crippen molar-refractivity contribution in [3.05, 3.63) is 46.1 Å². The van der Waals surface area contributed by atoms with Gasteiger partial charge in [-0.3, -0.25) is 4.79 Å². The van der Waals surface area contributed by atoms with Crippen molar-refractivity contribution in [3.8, 4) is 11.1 Å². The van der Waals surface area contributed by atoms with Crippen molar-refractivity contribution in [2.24, 2.45) is 5.92 Å². The van der Waals surface area contributed by atoms with E-state index < -0.39 is 9.84 Å². The van der Waals surface area contributed by atoms with Crippen molar-refractivity contribution in [2.75, 3.05) is 5.75 Å². The van der Waals surface area contributed by atoms with Crippen LogP contribution in [0.1, 0.15) is 37.1 Å². The Hall–Kier alpha value is -2.41. The molecule has 1 saturated carbocycles. The van der Waals surface area contributed by atoms with Crippen molar-refractivity contribution in [1.82, 2.24) is 10.1 Å². The monoisotopic (exact) mass is 386 g/mol. The zero-order valence-corrected chi connectivity index (χ0v) is 16.2. The van der Waals surface area contributed by atoms with Gasteiger partial charge in [0, 0.05) is 17.0 Å². The number of H-pyrrole nitrogens is 1. The van der Waals surface area contributed by atoms with Crippen LogP contribution in [0.3, 0.4) is 0 Å². The van der Waals surface area contributed by atoms with Crippen LogP contribution in [0, 0.1) is 19.8 Å². The van der Waals surface area contributed by atoms with Gasteiger partial charge in [-0.1, -0.05) is 18.0 Å². The normalized spacial score (nSPS) is 15.6. The average Bonchev–Trinajstić information content (AvgIpc) is 3.22. The second kappa shape index (κ2) is 6.64. The molecule has 27 heavy (non-hydrogen) atoms. The molecule has 0 spiro atoms. The molecule has 7 heteroatoms. The minimum absolute atomic E-state index is 0.145. The number of sulfone groups is 1. The highest BCUT2D eigenvalue weighted by atomic mass is 32.2. The number of aromatic amines is 1. The molecule has 1 N–H and O–H groups in total. The first-order chi connectivity index (χ1) is 12.8. The third-order valence-electron chi connectivity index (χ3n) is 5.39. The summed E-state index contributed by atoms with van der Waals surface area (Å²) in [6.45, 7) is 3.61. The van der Waals surface area contributed by atoms with Gasteiger partial charge in [-0.15, -0.1) is 0 Å². The molecular formula is C20H22N2O4S. The summed E-state index contributed by atoms with van der Waals surface area (Å²) in [6, 6.07) is 6.44. The van der Waals surface area contributed by atoms with E-state index in [1.54, 1.807) is 25.1 Å². The summed E-state index contributed by atoms with van der Waals surface area (Å²) >= 11 is 0. The highest BCUT2D eigenvalue weighted by molar-refractivity contribution is 7.91. The molecular weight excluding hydrogens is 364 g/mol. The number of fused-ring (bicyclic) bond motifs is 1. The van der Waals surface area contributed by atoms with Gasteiger partial charge in [-0.25, -0.2) is 8.42 Å². The first-order valence-electron chi connectivity index (χ1n) is 9.18.